The van der Waals surface area contributed by atoms with Crippen molar-refractivity contribution < 1.29 is 4.84 Å². The lowest BCUT2D eigenvalue weighted by atomic mass is 10.2. The van der Waals surface area contributed by atoms with Crippen molar-refractivity contribution in [2.75, 3.05) is 0 Å². The summed E-state index contributed by atoms with van der Waals surface area (Å²) in [6, 6.07) is 18.2. The van der Waals surface area contributed by atoms with E-state index < -0.39 is 0 Å². The molecule has 90 valence electrons. The van der Waals surface area contributed by atoms with Crippen LogP contribution in [0, 0.1) is 0 Å². The van der Waals surface area contributed by atoms with Gasteiger partial charge in [0.2, 0.25) is 0 Å². The molecular weight excluding hydrogens is 242 g/mol. The summed E-state index contributed by atoms with van der Waals surface area (Å²) < 4.78 is 0. The molecule has 2 aromatic carbocycles. The van der Waals surface area contributed by atoms with Crippen LogP contribution in [-0.4, -0.2) is 5.06 Å². The van der Waals surface area contributed by atoms with E-state index in [1.807, 2.05) is 41.6 Å². The molecule has 0 atom stereocenters. The Morgan fingerprint density at radius 2 is 1.72 bits per heavy atom. The first kappa shape index (κ1) is 11.2. The van der Waals surface area contributed by atoms with Crippen molar-refractivity contribution in [2.24, 2.45) is 0 Å². The lowest BCUT2D eigenvalue weighted by molar-refractivity contribution is -0.0157. The highest BCUT2D eigenvalue weighted by atomic mass is 32.2. The molecule has 0 N–H and O–H groups in total. The van der Waals surface area contributed by atoms with Crippen molar-refractivity contribution in [3.63, 3.8) is 0 Å². The lowest BCUT2D eigenvalue weighted by Crippen LogP contribution is -2.20. The van der Waals surface area contributed by atoms with Gasteiger partial charge < -0.3 is 4.84 Å². The normalized spacial score (nSPS) is 13.9. The molecule has 0 fully saturated rings. The molecule has 0 saturated heterocycles. The number of hydroxylamine groups is 2. The fraction of sp³-hybridized carbons (Fsp3) is 0.0667. The van der Waals surface area contributed by atoms with Crippen LogP contribution in [0.1, 0.15) is 5.56 Å². The Morgan fingerprint density at radius 1 is 0.944 bits per heavy atom. The molecule has 0 spiro atoms. The SMILES string of the molecule is C1=CN(Oc2ccccc2)Cc2ccccc2S1. The average Bonchev–Trinajstić information content (AvgIpc) is 2.61. The Bertz CT molecular complexity index is 553. The van der Waals surface area contributed by atoms with Gasteiger partial charge in [0.25, 0.3) is 0 Å². The quantitative estimate of drug-likeness (QED) is 0.803. The average molecular weight is 255 g/mol. The Balaban J connectivity index is 1.79. The zero-order valence-electron chi connectivity index (χ0n) is 9.82. The molecule has 0 radical (unpaired) electrons. The molecule has 1 aliphatic heterocycles. The van der Waals surface area contributed by atoms with Crippen LogP contribution in [0.3, 0.4) is 0 Å². The molecule has 3 rings (SSSR count). The van der Waals surface area contributed by atoms with Crippen molar-refractivity contribution in [1.29, 1.82) is 0 Å². The second-order valence-corrected chi connectivity index (χ2v) is 4.94. The van der Waals surface area contributed by atoms with E-state index in [4.69, 9.17) is 4.84 Å². The maximum atomic E-state index is 5.83. The summed E-state index contributed by atoms with van der Waals surface area (Å²) in [5.74, 6) is 0.853. The van der Waals surface area contributed by atoms with Gasteiger partial charge in [-0.2, -0.15) is 0 Å². The van der Waals surface area contributed by atoms with Crippen LogP contribution in [0.25, 0.3) is 0 Å². The van der Waals surface area contributed by atoms with Gasteiger partial charge in [-0.15, -0.1) is 0 Å². The third-order valence-corrected chi connectivity index (χ3v) is 3.60. The van der Waals surface area contributed by atoms with Crippen LogP contribution in [0.15, 0.2) is 71.1 Å². The second kappa shape index (κ2) is 5.19. The van der Waals surface area contributed by atoms with Crippen LogP contribution in [0.4, 0.5) is 0 Å². The molecule has 2 nitrogen and oxygen atoms in total. The van der Waals surface area contributed by atoms with Crippen LogP contribution in [0.2, 0.25) is 0 Å². The standard InChI is InChI=1S/C15H13NOS/c1-2-7-14(8-3-1)17-16-10-11-18-15-9-5-4-6-13(15)12-16/h1-11H,12H2. The van der Waals surface area contributed by atoms with Gasteiger partial charge in [-0.05, 0) is 29.2 Å². The Hall–Kier alpha value is -1.87. The summed E-state index contributed by atoms with van der Waals surface area (Å²) in [5, 5.41) is 3.91. The summed E-state index contributed by atoms with van der Waals surface area (Å²) in [4.78, 5) is 7.11. The smallest absolute Gasteiger partial charge is 0.155 e. The third-order valence-electron chi connectivity index (χ3n) is 2.69. The minimum absolute atomic E-state index is 0.758. The van der Waals surface area contributed by atoms with Gasteiger partial charge in [0.1, 0.15) is 0 Å². The van der Waals surface area contributed by atoms with Crippen LogP contribution in [0.5, 0.6) is 5.75 Å². The van der Waals surface area contributed by atoms with E-state index >= 15 is 0 Å². The van der Waals surface area contributed by atoms with Gasteiger partial charge in [-0.3, -0.25) is 0 Å². The van der Waals surface area contributed by atoms with Crippen molar-refractivity contribution in [3.8, 4) is 5.75 Å². The highest BCUT2D eigenvalue weighted by Crippen LogP contribution is 2.28. The van der Waals surface area contributed by atoms with Gasteiger partial charge in [0.05, 0.1) is 6.54 Å². The monoisotopic (exact) mass is 255 g/mol. The number of benzene rings is 2. The predicted molar refractivity (Wildman–Crippen MR) is 74.1 cm³/mol. The zero-order chi connectivity index (χ0) is 12.2. The van der Waals surface area contributed by atoms with Crippen LogP contribution in [-0.2, 0) is 6.54 Å². The van der Waals surface area contributed by atoms with E-state index in [0.717, 1.165) is 12.3 Å². The number of rotatable bonds is 2. The highest BCUT2D eigenvalue weighted by molar-refractivity contribution is 8.02. The second-order valence-electron chi connectivity index (χ2n) is 3.99. The van der Waals surface area contributed by atoms with Gasteiger partial charge in [-0.25, -0.2) is 5.06 Å². The van der Waals surface area contributed by atoms with E-state index in [9.17, 15) is 0 Å². The largest absolute Gasteiger partial charge is 0.380 e. The maximum absolute atomic E-state index is 5.83. The topological polar surface area (TPSA) is 12.5 Å². The first-order chi connectivity index (χ1) is 8.92. The summed E-state index contributed by atoms with van der Waals surface area (Å²) in [7, 11) is 0. The fourth-order valence-electron chi connectivity index (χ4n) is 1.82. The first-order valence-electron chi connectivity index (χ1n) is 5.83. The molecule has 3 heteroatoms. The summed E-state index contributed by atoms with van der Waals surface area (Å²) in [5.41, 5.74) is 1.28. The zero-order valence-corrected chi connectivity index (χ0v) is 10.6. The van der Waals surface area contributed by atoms with Gasteiger partial charge in [-0.1, -0.05) is 48.2 Å². The molecule has 0 amide bonds. The molecule has 0 aromatic heterocycles. The van der Waals surface area contributed by atoms with E-state index in [2.05, 4.69) is 29.7 Å². The predicted octanol–water partition coefficient (Wildman–Crippen LogP) is 4.06. The van der Waals surface area contributed by atoms with Gasteiger partial charge in [0, 0.05) is 11.1 Å². The van der Waals surface area contributed by atoms with Crippen molar-refractivity contribution >= 4 is 11.8 Å². The third kappa shape index (κ3) is 2.51. The molecule has 0 unspecified atom stereocenters. The number of para-hydroxylation sites is 1. The molecule has 0 aliphatic carbocycles. The molecule has 0 saturated carbocycles. The highest BCUT2D eigenvalue weighted by Gasteiger charge is 2.10. The minimum atomic E-state index is 0.758. The van der Waals surface area contributed by atoms with E-state index in [1.54, 1.807) is 11.8 Å². The summed E-state index contributed by atoms with van der Waals surface area (Å²) in [6.45, 7) is 0.758. The number of thioether (sulfide) groups is 1. The fourth-order valence-corrected chi connectivity index (χ4v) is 2.61. The van der Waals surface area contributed by atoms with E-state index in [0.29, 0.717) is 0 Å². The van der Waals surface area contributed by atoms with Gasteiger partial charge in [0.15, 0.2) is 5.75 Å². The Kier molecular flexibility index (Phi) is 3.24. The van der Waals surface area contributed by atoms with E-state index in [1.165, 1.54) is 10.5 Å². The molecule has 1 aliphatic rings. The number of hydrogen-bond acceptors (Lipinski definition) is 3. The Labute approximate surface area is 111 Å². The first-order valence-corrected chi connectivity index (χ1v) is 6.71. The summed E-state index contributed by atoms with van der Waals surface area (Å²) in [6.07, 6.45) is 1.97. The van der Waals surface area contributed by atoms with Crippen LogP contribution >= 0.6 is 11.8 Å². The maximum Gasteiger partial charge on any atom is 0.155 e. The lowest BCUT2D eigenvalue weighted by Gasteiger charge is -2.19. The number of fused-ring (bicyclic) bond motifs is 1. The number of hydrogen-bond donors (Lipinski definition) is 0. The van der Waals surface area contributed by atoms with Crippen molar-refractivity contribution in [1.82, 2.24) is 5.06 Å². The molecule has 18 heavy (non-hydrogen) atoms. The van der Waals surface area contributed by atoms with E-state index in [-0.39, 0.29) is 0 Å². The molecule has 1 heterocycles. The van der Waals surface area contributed by atoms with Gasteiger partial charge >= 0.3 is 0 Å². The van der Waals surface area contributed by atoms with Crippen LogP contribution < -0.4 is 4.84 Å². The molecule has 0 bridgehead atoms. The molecule has 2 aromatic rings. The Morgan fingerprint density at radius 3 is 2.61 bits per heavy atom. The molecular formula is C15H13NOS. The summed E-state index contributed by atoms with van der Waals surface area (Å²) >= 11 is 1.72. The van der Waals surface area contributed by atoms with Crippen molar-refractivity contribution in [2.45, 2.75) is 11.4 Å². The number of nitrogens with zero attached hydrogens (tertiary/aromatic N) is 1. The minimum Gasteiger partial charge on any atom is -0.380 e. The van der Waals surface area contributed by atoms with Crippen molar-refractivity contribution in [3.05, 3.63) is 71.8 Å².